The Kier molecular flexibility index (Phi) is 6.26. The summed E-state index contributed by atoms with van der Waals surface area (Å²) < 4.78 is 5.82. The number of ether oxygens (including phenoxy) is 1. The van der Waals surface area contributed by atoms with Crippen molar-refractivity contribution in [1.29, 1.82) is 0 Å². The predicted octanol–water partition coefficient (Wildman–Crippen LogP) is 2.97. The second-order valence-electron chi connectivity index (χ2n) is 6.51. The highest BCUT2D eigenvalue weighted by molar-refractivity contribution is 5.92. The van der Waals surface area contributed by atoms with Gasteiger partial charge < -0.3 is 14.5 Å². The highest BCUT2D eigenvalue weighted by atomic mass is 16.5. The van der Waals surface area contributed by atoms with Crippen molar-refractivity contribution in [2.24, 2.45) is 0 Å². The minimum Gasteiger partial charge on any atom is -0.489 e. The van der Waals surface area contributed by atoms with Crippen molar-refractivity contribution in [2.45, 2.75) is 13.5 Å². The first-order valence-electron chi connectivity index (χ1n) is 9.11. The molecule has 1 saturated heterocycles. The first-order chi connectivity index (χ1) is 13.1. The van der Waals surface area contributed by atoms with Crippen molar-refractivity contribution >= 4 is 17.9 Å². The zero-order valence-corrected chi connectivity index (χ0v) is 15.5. The first kappa shape index (κ1) is 18.7. The van der Waals surface area contributed by atoms with Crippen LogP contribution in [0.25, 0.3) is 6.08 Å². The van der Waals surface area contributed by atoms with Crippen molar-refractivity contribution in [3.05, 3.63) is 71.8 Å². The van der Waals surface area contributed by atoms with Gasteiger partial charge in [-0.05, 0) is 29.3 Å². The zero-order chi connectivity index (χ0) is 19.1. The summed E-state index contributed by atoms with van der Waals surface area (Å²) in [6.45, 7) is 4.40. The summed E-state index contributed by atoms with van der Waals surface area (Å²) in [6.07, 6.45) is 3.38. The van der Waals surface area contributed by atoms with Gasteiger partial charge >= 0.3 is 0 Å². The molecule has 5 heteroatoms. The molecule has 2 aromatic carbocycles. The summed E-state index contributed by atoms with van der Waals surface area (Å²) in [5.41, 5.74) is 2.02. The van der Waals surface area contributed by atoms with Gasteiger partial charge in [0, 0.05) is 39.2 Å². The van der Waals surface area contributed by atoms with Crippen LogP contribution in [0.5, 0.6) is 5.75 Å². The fourth-order valence-corrected chi connectivity index (χ4v) is 2.96. The lowest BCUT2D eigenvalue weighted by Gasteiger charge is -2.33. The summed E-state index contributed by atoms with van der Waals surface area (Å²) in [5.74, 6) is 0.794. The normalized spacial score (nSPS) is 14.4. The molecule has 27 heavy (non-hydrogen) atoms. The average molecular weight is 364 g/mol. The molecule has 0 atom stereocenters. The lowest BCUT2D eigenvalue weighted by atomic mass is 10.2. The second-order valence-corrected chi connectivity index (χ2v) is 6.51. The molecule has 0 radical (unpaired) electrons. The van der Waals surface area contributed by atoms with Crippen LogP contribution >= 0.6 is 0 Å². The Morgan fingerprint density at radius 3 is 2.37 bits per heavy atom. The molecule has 0 aliphatic carbocycles. The van der Waals surface area contributed by atoms with Crippen molar-refractivity contribution in [2.75, 3.05) is 26.2 Å². The van der Waals surface area contributed by atoms with Gasteiger partial charge in [-0.15, -0.1) is 0 Å². The monoisotopic (exact) mass is 364 g/mol. The number of carbonyl (C=O) groups is 2. The molecule has 2 amide bonds. The van der Waals surface area contributed by atoms with E-state index in [0.717, 1.165) is 16.9 Å². The molecule has 2 aromatic rings. The highest BCUT2D eigenvalue weighted by Gasteiger charge is 2.20. The molecular formula is C22H24N2O3. The summed E-state index contributed by atoms with van der Waals surface area (Å²) in [6, 6.07) is 17.7. The van der Waals surface area contributed by atoms with Crippen molar-refractivity contribution in [1.82, 2.24) is 9.80 Å². The maximum atomic E-state index is 12.3. The van der Waals surface area contributed by atoms with E-state index >= 15 is 0 Å². The van der Waals surface area contributed by atoms with Gasteiger partial charge in [0.15, 0.2) is 0 Å². The molecule has 0 unspecified atom stereocenters. The third kappa shape index (κ3) is 5.45. The number of nitrogens with zero attached hydrogens (tertiary/aromatic N) is 2. The number of rotatable bonds is 5. The molecule has 0 spiro atoms. The molecule has 1 fully saturated rings. The van der Waals surface area contributed by atoms with E-state index in [1.807, 2.05) is 54.6 Å². The highest BCUT2D eigenvalue weighted by Crippen LogP contribution is 2.16. The Morgan fingerprint density at radius 2 is 1.67 bits per heavy atom. The Morgan fingerprint density at radius 1 is 0.963 bits per heavy atom. The molecule has 1 aliphatic rings. The molecule has 1 aliphatic heterocycles. The minimum atomic E-state index is -0.0335. The fourth-order valence-electron chi connectivity index (χ4n) is 2.96. The third-order valence-corrected chi connectivity index (χ3v) is 4.56. The quantitative estimate of drug-likeness (QED) is 0.767. The summed E-state index contributed by atoms with van der Waals surface area (Å²) in [4.78, 5) is 27.2. The van der Waals surface area contributed by atoms with Gasteiger partial charge in [0.1, 0.15) is 12.4 Å². The minimum absolute atomic E-state index is 0.0335. The molecule has 3 rings (SSSR count). The standard InChI is InChI=1S/C22H24N2O3/c1-18(25)23-12-14-24(15-13-23)22(26)11-10-19-8-5-9-21(16-19)27-17-20-6-3-2-4-7-20/h2-11,16H,12-15,17H2,1H3. The molecule has 5 nitrogen and oxygen atoms in total. The lowest BCUT2D eigenvalue weighted by Crippen LogP contribution is -2.49. The van der Waals surface area contributed by atoms with Crippen molar-refractivity contribution in [3.63, 3.8) is 0 Å². The van der Waals surface area contributed by atoms with Gasteiger partial charge in [0.05, 0.1) is 0 Å². The van der Waals surface area contributed by atoms with E-state index in [4.69, 9.17) is 4.74 Å². The topological polar surface area (TPSA) is 49.9 Å². The lowest BCUT2D eigenvalue weighted by molar-refractivity contribution is -0.135. The molecule has 0 bridgehead atoms. The van der Waals surface area contributed by atoms with Crippen LogP contribution in [-0.2, 0) is 16.2 Å². The Hall–Kier alpha value is -3.08. The molecule has 1 heterocycles. The van der Waals surface area contributed by atoms with Crippen LogP contribution in [0.4, 0.5) is 0 Å². The van der Waals surface area contributed by atoms with E-state index in [-0.39, 0.29) is 11.8 Å². The summed E-state index contributed by atoms with van der Waals surface area (Å²) >= 11 is 0. The number of piperazine rings is 1. The van der Waals surface area contributed by atoms with Crippen LogP contribution in [0.3, 0.4) is 0 Å². The van der Waals surface area contributed by atoms with E-state index in [1.165, 1.54) is 0 Å². The van der Waals surface area contributed by atoms with E-state index in [1.54, 1.807) is 28.9 Å². The van der Waals surface area contributed by atoms with Gasteiger partial charge in [-0.25, -0.2) is 0 Å². The number of hydrogen-bond donors (Lipinski definition) is 0. The zero-order valence-electron chi connectivity index (χ0n) is 15.5. The van der Waals surface area contributed by atoms with Crippen molar-refractivity contribution in [3.8, 4) is 5.75 Å². The average Bonchev–Trinajstić information content (AvgIpc) is 2.71. The third-order valence-electron chi connectivity index (χ3n) is 4.56. The number of amides is 2. The first-order valence-corrected chi connectivity index (χ1v) is 9.11. The van der Waals surface area contributed by atoms with Gasteiger partial charge in [-0.1, -0.05) is 42.5 Å². The fraction of sp³-hybridized carbons (Fsp3) is 0.273. The van der Waals surface area contributed by atoms with Crippen LogP contribution in [0.15, 0.2) is 60.7 Å². The van der Waals surface area contributed by atoms with Gasteiger partial charge in [-0.2, -0.15) is 0 Å². The summed E-state index contributed by atoms with van der Waals surface area (Å²) in [7, 11) is 0. The Balaban J connectivity index is 1.54. The predicted molar refractivity (Wildman–Crippen MR) is 105 cm³/mol. The number of hydrogen-bond acceptors (Lipinski definition) is 3. The summed E-state index contributed by atoms with van der Waals surface area (Å²) in [5, 5.41) is 0. The van der Waals surface area contributed by atoms with Crippen molar-refractivity contribution < 1.29 is 14.3 Å². The number of benzene rings is 2. The molecule has 0 saturated carbocycles. The van der Waals surface area contributed by atoms with Crippen LogP contribution in [0.1, 0.15) is 18.1 Å². The maximum Gasteiger partial charge on any atom is 0.246 e. The van der Waals surface area contributed by atoms with Gasteiger partial charge in [0.2, 0.25) is 11.8 Å². The molecule has 0 N–H and O–H groups in total. The van der Waals surface area contributed by atoms with Crippen LogP contribution in [0, 0.1) is 0 Å². The number of carbonyl (C=O) groups excluding carboxylic acids is 2. The van der Waals surface area contributed by atoms with Crippen LogP contribution in [-0.4, -0.2) is 47.8 Å². The second kappa shape index (κ2) is 9.03. The largest absolute Gasteiger partial charge is 0.489 e. The molecule has 0 aromatic heterocycles. The Labute approximate surface area is 159 Å². The Bertz CT molecular complexity index is 809. The van der Waals surface area contributed by atoms with E-state index in [9.17, 15) is 9.59 Å². The van der Waals surface area contributed by atoms with Crippen LogP contribution in [0.2, 0.25) is 0 Å². The van der Waals surface area contributed by atoms with E-state index in [0.29, 0.717) is 32.8 Å². The molecule has 140 valence electrons. The van der Waals surface area contributed by atoms with E-state index < -0.39 is 0 Å². The van der Waals surface area contributed by atoms with Crippen LogP contribution < -0.4 is 4.74 Å². The maximum absolute atomic E-state index is 12.3. The van der Waals surface area contributed by atoms with E-state index in [2.05, 4.69) is 0 Å². The molecular weight excluding hydrogens is 340 g/mol. The SMILES string of the molecule is CC(=O)N1CCN(C(=O)C=Cc2cccc(OCc3ccccc3)c2)CC1. The van der Waals surface area contributed by atoms with Gasteiger partial charge in [0.25, 0.3) is 0 Å². The smallest absolute Gasteiger partial charge is 0.246 e. The van der Waals surface area contributed by atoms with Gasteiger partial charge in [-0.3, -0.25) is 9.59 Å².